The number of carbonyl (C=O) groups excluding carboxylic acids is 1. The van der Waals surface area contributed by atoms with Gasteiger partial charge in [-0.25, -0.2) is 0 Å². The zero-order valence-electron chi connectivity index (χ0n) is 12.7. The molecule has 0 saturated carbocycles. The van der Waals surface area contributed by atoms with Crippen molar-refractivity contribution in [1.82, 2.24) is 0 Å². The molecule has 1 aromatic rings. The number of nitrogens with zero attached hydrogens (tertiary/aromatic N) is 1. The van der Waals surface area contributed by atoms with Crippen molar-refractivity contribution < 1.29 is 4.79 Å². The Hall–Kier alpha value is -1.51. The summed E-state index contributed by atoms with van der Waals surface area (Å²) >= 11 is 0. The lowest BCUT2D eigenvalue weighted by Gasteiger charge is -2.32. The van der Waals surface area contributed by atoms with Crippen LogP contribution in [-0.2, 0) is 11.2 Å². The number of benzene rings is 1. The van der Waals surface area contributed by atoms with E-state index in [1.165, 1.54) is 5.56 Å². The summed E-state index contributed by atoms with van der Waals surface area (Å²) in [5, 5.41) is 0. The topological polar surface area (TPSA) is 46.3 Å². The molecule has 1 heterocycles. The first kappa shape index (κ1) is 14.9. The van der Waals surface area contributed by atoms with E-state index in [1.807, 2.05) is 17.0 Å². The number of nitrogen functional groups attached to an aromatic ring is 1. The van der Waals surface area contributed by atoms with Crippen LogP contribution in [0.1, 0.15) is 51.5 Å². The minimum atomic E-state index is 0.155. The van der Waals surface area contributed by atoms with Gasteiger partial charge in [0.1, 0.15) is 0 Å². The van der Waals surface area contributed by atoms with Crippen LogP contribution >= 0.6 is 0 Å². The molecule has 0 bridgehead atoms. The SMILES string of the molecule is CCCCC(CC)C(=O)N1CCCc2ccc(N)cc21. The first-order chi connectivity index (χ1) is 9.67. The van der Waals surface area contributed by atoms with Gasteiger partial charge in [-0.1, -0.05) is 32.8 Å². The minimum absolute atomic E-state index is 0.155. The van der Waals surface area contributed by atoms with Gasteiger partial charge in [0, 0.05) is 23.8 Å². The largest absolute Gasteiger partial charge is 0.399 e. The lowest BCUT2D eigenvalue weighted by molar-refractivity contribution is -0.122. The van der Waals surface area contributed by atoms with Crippen molar-refractivity contribution in [3.8, 4) is 0 Å². The number of hydrogen-bond donors (Lipinski definition) is 1. The molecule has 0 aliphatic carbocycles. The van der Waals surface area contributed by atoms with E-state index < -0.39 is 0 Å². The predicted molar refractivity (Wildman–Crippen MR) is 84.8 cm³/mol. The maximum Gasteiger partial charge on any atom is 0.230 e. The standard InChI is InChI=1S/C17H26N2O/c1-3-5-7-13(4-2)17(20)19-11-6-8-14-9-10-15(18)12-16(14)19/h9-10,12-13H,3-8,11,18H2,1-2H3. The normalized spacial score (nSPS) is 15.8. The highest BCUT2D eigenvalue weighted by molar-refractivity contribution is 5.96. The molecule has 1 aliphatic heterocycles. The Morgan fingerprint density at radius 3 is 2.90 bits per heavy atom. The molecule has 0 radical (unpaired) electrons. The monoisotopic (exact) mass is 274 g/mol. The van der Waals surface area contributed by atoms with E-state index in [0.717, 1.165) is 56.4 Å². The van der Waals surface area contributed by atoms with Gasteiger partial charge in [0.15, 0.2) is 0 Å². The van der Waals surface area contributed by atoms with Crippen LogP contribution in [0.3, 0.4) is 0 Å². The molecule has 1 atom stereocenters. The Balaban J connectivity index is 2.21. The summed E-state index contributed by atoms with van der Waals surface area (Å²) in [6.07, 6.45) is 6.29. The molecule has 0 saturated heterocycles. The fourth-order valence-electron chi connectivity index (χ4n) is 2.99. The number of carbonyl (C=O) groups is 1. The molecule has 3 heteroatoms. The molecule has 3 nitrogen and oxygen atoms in total. The van der Waals surface area contributed by atoms with E-state index in [4.69, 9.17) is 5.73 Å². The number of hydrogen-bond acceptors (Lipinski definition) is 2. The lowest BCUT2D eigenvalue weighted by atomic mass is 9.94. The van der Waals surface area contributed by atoms with Crippen LogP contribution in [-0.4, -0.2) is 12.5 Å². The maximum atomic E-state index is 12.8. The Bertz CT molecular complexity index is 470. The van der Waals surface area contributed by atoms with Crippen molar-refractivity contribution in [2.24, 2.45) is 5.92 Å². The van der Waals surface area contributed by atoms with Gasteiger partial charge in [0.25, 0.3) is 0 Å². The van der Waals surface area contributed by atoms with E-state index in [0.29, 0.717) is 0 Å². The van der Waals surface area contributed by atoms with Crippen LogP contribution < -0.4 is 10.6 Å². The molecule has 0 aromatic heterocycles. The number of rotatable bonds is 5. The van der Waals surface area contributed by atoms with Gasteiger partial charge in [-0.05, 0) is 43.4 Å². The number of amides is 1. The zero-order chi connectivity index (χ0) is 14.5. The Morgan fingerprint density at radius 2 is 2.20 bits per heavy atom. The second kappa shape index (κ2) is 6.78. The fraction of sp³-hybridized carbons (Fsp3) is 0.588. The van der Waals surface area contributed by atoms with Crippen LogP contribution in [0.25, 0.3) is 0 Å². The van der Waals surface area contributed by atoms with Crippen molar-refractivity contribution in [3.63, 3.8) is 0 Å². The van der Waals surface area contributed by atoms with Gasteiger partial charge < -0.3 is 10.6 Å². The first-order valence-corrected chi connectivity index (χ1v) is 7.87. The van der Waals surface area contributed by atoms with Crippen molar-refractivity contribution in [3.05, 3.63) is 23.8 Å². The van der Waals surface area contributed by atoms with Crippen LogP contribution in [0.2, 0.25) is 0 Å². The Morgan fingerprint density at radius 1 is 1.40 bits per heavy atom. The summed E-state index contributed by atoms with van der Waals surface area (Å²) in [6.45, 7) is 5.12. The summed E-state index contributed by atoms with van der Waals surface area (Å²) in [4.78, 5) is 14.8. The predicted octanol–water partition coefficient (Wildman–Crippen LogP) is 3.76. The van der Waals surface area contributed by atoms with Gasteiger partial charge in [-0.15, -0.1) is 0 Å². The van der Waals surface area contributed by atoms with Crippen LogP contribution in [0.4, 0.5) is 11.4 Å². The number of aryl methyl sites for hydroxylation is 1. The highest BCUT2D eigenvalue weighted by Gasteiger charge is 2.27. The number of anilines is 2. The average molecular weight is 274 g/mol. The average Bonchev–Trinajstić information content (AvgIpc) is 2.47. The van der Waals surface area contributed by atoms with Gasteiger partial charge >= 0.3 is 0 Å². The second-order valence-corrected chi connectivity index (χ2v) is 5.73. The van der Waals surface area contributed by atoms with Crippen molar-refractivity contribution >= 4 is 17.3 Å². The van der Waals surface area contributed by atoms with Gasteiger partial charge in [0.05, 0.1) is 0 Å². The van der Waals surface area contributed by atoms with E-state index in [1.54, 1.807) is 0 Å². The van der Waals surface area contributed by atoms with Gasteiger partial charge in [-0.3, -0.25) is 4.79 Å². The molecule has 1 unspecified atom stereocenters. The van der Waals surface area contributed by atoms with Crippen LogP contribution in [0.5, 0.6) is 0 Å². The molecule has 0 fully saturated rings. The molecule has 20 heavy (non-hydrogen) atoms. The molecular formula is C17H26N2O. The van der Waals surface area contributed by atoms with Crippen LogP contribution in [0, 0.1) is 5.92 Å². The second-order valence-electron chi connectivity index (χ2n) is 5.73. The number of fused-ring (bicyclic) bond motifs is 1. The fourth-order valence-corrected chi connectivity index (χ4v) is 2.99. The van der Waals surface area contributed by atoms with Gasteiger partial charge in [-0.2, -0.15) is 0 Å². The van der Waals surface area contributed by atoms with E-state index in [2.05, 4.69) is 19.9 Å². The minimum Gasteiger partial charge on any atom is -0.399 e. The molecule has 110 valence electrons. The summed E-state index contributed by atoms with van der Waals surface area (Å²) in [5.41, 5.74) is 8.93. The van der Waals surface area contributed by atoms with E-state index in [9.17, 15) is 4.79 Å². The summed E-state index contributed by atoms with van der Waals surface area (Å²) in [7, 11) is 0. The van der Waals surface area contributed by atoms with Crippen molar-refractivity contribution in [2.45, 2.75) is 52.4 Å². The van der Waals surface area contributed by atoms with E-state index in [-0.39, 0.29) is 11.8 Å². The first-order valence-electron chi connectivity index (χ1n) is 7.87. The van der Waals surface area contributed by atoms with E-state index >= 15 is 0 Å². The quantitative estimate of drug-likeness (QED) is 0.831. The van der Waals surface area contributed by atoms with Crippen molar-refractivity contribution in [1.29, 1.82) is 0 Å². The highest BCUT2D eigenvalue weighted by atomic mass is 16.2. The molecule has 2 N–H and O–H groups in total. The Kier molecular flexibility index (Phi) is 5.05. The third kappa shape index (κ3) is 3.14. The molecule has 1 amide bonds. The van der Waals surface area contributed by atoms with Crippen molar-refractivity contribution in [2.75, 3.05) is 17.2 Å². The molecule has 2 rings (SSSR count). The summed E-state index contributed by atoms with van der Waals surface area (Å²) in [6, 6.07) is 5.96. The summed E-state index contributed by atoms with van der Waals surface area (Å²) in [5.74, 6) is 0.440. The zero-order valence-corrected chi connectivity index (χ0v) is 12.7. The molecular weight excluding hydrogens is 248 g/mol. The number of unbranched alkanes of at least 4 members (excludes halogenated alkanes) is 1. The molecule has 0 spiro atoms. The lowest BCUT2D eigenvalue weighted by Crippen LogP contribution is -2.39. The molecule has 1 aromatic carbocycles. The number of nitrogens with two attached hydrogens (primary N) is 1. The smallest absolute Gasteiger partial charge is 0.230 e. The molecule has 1 aliphatic rings. The Labute approximate surface area is 122 Å². The summed E-state index contributed by atoms with van der Waals surface area (Å²) < 4.78 is 0. The third-order valence-corrected chi connectivity index (χ3v) is 4.24. The maximum absolute atomic E-state index is 12.8. The third-order valence-electron chi connectivity index (χ3n) is 4.24. The highest BCUT2D eigenvalue weighted by Crippen LogP contribution is 2.31. The van der Waals surface area contributed by atoms with Gasteiger partial charge in [0.2, 0.25) is 5.91 Å². The van der Waals surface area contributed by atoms with Crippen LogP contribution in [0.15, 0.2) is 18.2 Å².